The highest BCUT2D eigenvalue weighted by molar-refractivity contribution is 9.11. The molecule has 2 aromatic carbocycles. The van der Waals surface area contributed by atoms with Gasteiger partial charge in [-0.2, -0.15) is 0 Å². The monoisotopic (exact) mass is 542 g/mol. The van der Waals surface area contributed by atoms with Crippen LogP contribution < -0.4 is 5.73 Å². The fourth-order valence-corrected chi connectivity index (χ4v) is 3.39. The van der Waals surface area contributed by atoms with Gasteiger partial charge in [0.2, 0.25) is 0 Å². The Morgan fingerprint density at radius 3 is 2.20 bits per heavy atom. The number of pyridine rings is 1. The normalized spacial score (nSPS) is 12.5. The van der Waals surface area contributed by atoms with Gasteiger partial charge in [-0.05, 0) is 73.7 Å². The van der Waals surface area contributed by atoms with Crippen molar-refractivity contribution in [3.05, 3.63) is 98.2 Å². The lowest BCUT2D eigenvalue weighted by molar-refractivity contribution is -0.146. The Balaban J connectivity index is 0.000000248. The van der Waals surface area contributed by atoms with Crippen molar-refractivity contribution in [2.75, 3.05) is 0 Å². The van der Waals surface area contributed by atoms with E-state index >= 15 is 0 Å². The molecule has 1 aromatic heterocycles. The number of hydrogen-bond acceptors (Lipinski definition) is 4. The van der Waals surface area contributed by atoms with Crippen LogP contribution in [0.1, 0.15) is 29.0 Å². The van der Waals surface area contributed by atoms with Gasteiger partial charge in [0.1, 0.15) is 16.2 Å². The predicted octanol–water partition coefficient (Wildman–Crippen LogP) is 4.93. The van der Waals surface area contributed by atoms with Gasteiger partial charge in [-0.15, -0.1) is 0 Å². The quantitative estimate of drug-likeness (QED) is 0.396. The van der Waals surface area contributed by atoms with E-state index in [2.05, 4.69) is 36.8 Å². The van der Waals surface area contributed by atoms with Crippen molar-refractivity contribution in [2.45, 2.75) is 18.6 Å². The Labute approximate surface area is 188 Å². The van der Waals surface area contributed by atoms with E-state index in [1.807, 2.05) is 6.07 Å². The molecule has 0 radical (unpaired) electrons. The van der Waals surface area contributed by atoms with Crippen LogP contribution in [0.4, 0.5) is 8.78 Å². The number of aromatic nitrogens is 1. The van der Waals surface area contributed by atoms with E-state index in [-0.39, 0.29) is 0 Å². The summed E-state index contributed by atoms with van der Waals surface area (Å²) < 4.78 is 27.6. The molecule has 0 unspecified atom stereocenters. The number of nitrogens with zero attached hydrogens (tertiary/aromatic N) is 1. The first-order chi connectivity index (χ1) is 14.2. The Morgan fingerprint density at radius 2 is 1.63 bits per heavy atom. The maximum absolute atomic E-state index is 13.1. The van der Waals surface area contributed by atoms with E-state index in [4.69, 9.17) is 15.9 Å². The van der Waals surface area contributed by atoms with Crippen LogP contribution in [0.2, 0.25) is 0 Å². The molecule has 0 spiro atoms. The van der Waals surface area contributed by atoms with E-state index in [9.17, 15) is 13.6 Å². The van der Waals surface area contributed by atoms with Gasteiger partial charge < -0.3 is 15.9 Å². The van der Waals surface area contributed by atoms with Crippen molar-refractivity contribution in [2.24, 2.45) is 5.73 Å². The third-order valence-corrected chi connectivity index (χ3v) is 5.03. The van der Waals surface area contributed by atoms with Crippen LogP contribution in [0.25, 0.3) is 0 Å². The third kappa shape index (κ3) is 7.24. The predicted molar refractivity (Wildman–Crippen MR) is 116 cm³/mol. The zero-order chi connectivity index (χ0) is 22.3. The lowest BCUT2D eigenvalue weighted by atomic mass is 10.0. The standard InChI is InChI=1S/C13H10Br2F2N2.C8H8O3/c14-10-1-2-12(15)19-13(10)11(18)5-7-3-8(16)6-9(17)4-7;9-7(8(10)11)6-4-2-1-3-5-6/h1-4,6,11H,5,18H2;1-5,7,9H,(H,10,11)/t11-;7-/m01/s1. The molecule has 30 heavy (non-hydrogen) atoms. The van der Waals surface area contributed by atoms with Gasteiger partial charge in [0.15, 0.2) is 6.10 Å². The third-order valence-electron chi connectivity index (χ3n) is 3.92. The molecule has 0 saturated heterocycles. The first kappa shape index (κ1) is 24.1. The van der Waals surface area contributed by atoms with Gasteiger partial charge in [-0.1, -0.05) is 30.3 Å². The van der Waals surface area contributed by atoms with E-state index in [0.717, 1.165) is 10.5 Å². The summed E-state index contributed by atoms with van der Waals surface area (Å²) in [5, 5.41) is 17.4. The highest BCUT2D eigenvalue weighted by Gasteiger charge is 2.15. The minimum Gasteiger partial charge on any atom is -0.479 e. The van der Waals surface area contributed by atoms with Gasteiger partial charge in [0.25, 0.3) is 0 Å². The lowest BCUT2D eigenvalue weighted by Gasteiger charge is -2.13. The van der Waals surface area contributed by atoms with Crippen molar-refractivity contribution in [3.8, 4) is 0 Å². The molecule has 0 saturated carbocycles. The molecule has 0 bridgehead atoms. The lowest BCUT2D eigenvalue weighted by Crippen LogP contribution is -2.16. The number of halogens is 4. The molecule has 3 rings (SSSR count). The maximum atomic E-state index is 13.1. The molecule has 0 amide bonds. The number of rotatable bonds is 5. The molecule has 0 aliphatic heterocycles. The van der Waals surface area contributed by atoms with Crippen molar-refractivity contribution >= 4 is 37.8 Å². The molecular formula is C21H18Br2F2N2O3. The summed E-state index contributed by atoms with van der Waals surface area (Å²) in [4.78, 5) is 14.5. The number of aliphatic hydroxyl groups excluding tert-OH is 1. The van der Waals surface area contributed by atoms with Crippen molar-refractivity contribution < 1.29 is 23.8 Å². The number of benzene rings is 2. The number of carbonyl (C=O) groups is 1. The minimum absolute atomic E-state index is 0.302. The van der Waals surface area contributed by atoms with E-state index in [1.54, 1.807) is 36.4 Å². The summed E-state index contributed by atoms with van der Waals surface area (Å²) in [6.45, 7) is 0. The molecule has 3 aromatic rings. The largest absolute Gasteiger partial charge is 0.479 e. The number of carboxylic acids is 1. The van der Waals surface area contributed by atoms with Crippen molar-refractivity contribution in [3.63, 3.8) is 0 Å². The van der Waals surface area contributed by atoms with Crippen LogP contribution in [0.3, 0.4) is 0 Å². The minimum atomic E-state index is -1.41. The van der Waals surface area contributed by atoms with Gasteiger partial charge >= 0.3 is 5.97 Å². The first-order valence-electron chi connectivity index (χ1n) is 8.65. The molecule has 5 nitrogen and oxygen atoms in total. The van der Waals surface area contributed by atoms with Crippen LogP contribution >= 0.6 is 31.9 Å². The highest BCUT2D eigenvalue weighted by Crippen LogP contribution is 2.25. The van der Waals surface area contributed by atoms with Crippen LogP contribution in [0, 0.1) is 11.6 Å². The van der Waals surface area contributed by atoms with Crippen LogP contribution in [-0.2, 0) is 11.2 Å². The first-order valence-corrected chi connectivity index (χ1v) is 10.2. The molecule has 0 aliphatic rings. The van der Waals surface area contributed by atoms with Gasteiger partial charge in [0.05, 0.1) is 11.7 Å². The van der Waals surface area contributed by atoms with E-state index in [1.165, 1.54) is 12.1 Å². The molecule has 4 N–H and O–H groups in total. The molecule has 2 atom stereocenters. The number of carboxylic acid groups (broad SMARTS) is 1. The fraction of sp³-hybridized carbons (Fsp3) is 0.143. The number of hydrogen-bond donors (Lipinski definition) is 3. The summed E-state index contributed by atoms with van der Waals surface area (Å²) in [6, 6.07) is 14.8. The Kier molecular flexibility index (Phi) is 9.04. The SMILES string of the molecule is N[C@@H](Cc1cc(F)cc(F)c1)c1nc(Br)ccc1Br.O=C(O)[C@H](O)c1ccccc1. The average molecular weight is 544 g/mol. The maximum Gasteiger partial charge on any atom is 0.337 e. The smallest absolute Gasteiger partial charge is 0.337 e. The molecule has 0 aliphatic carbocycles. The van der Waals surface area contributed by atoms with Crippen molar-refractivity contribution in [1.82, 2.24) is 4.98 Å². The Hall–Kier alpha value is -2.20. The second-order valence-corrected chi connectivity index (χ2v) is 7.91. The van der Waals surface area contributed by atoms with E-state index < -0.39 is 29.7 Å². The second kappa shape index (κ2) is 11.3. The number of nitrogens with two attached hydrogens (primary N) is 1. The summed E-state index contributed by atoms with van der Waals surface area (Å²) in [6.07, 6.45) is -1.10. The highest BCUT2D eigenvalue weighted by atomic mass is 79.9. The average Bonchev–Trinajstić information content (AvgIpc) is 2.69. The molecule has 9 heteroatoms. The number of aliphatic hydroxyl groups is 1. The summed E-state index contributed by atoms with van der Waals surface area (Å²) >= 11 is 6.63. The zero-order valence-electron chi connectivity index (χ0n) is 15.5. The molecule has 0 fully saturated rings. The molecular weight excluding hydrogens is 526 g/mol. The van der Waals surface area contributed by atoms with Crippen LogP contribution in [0.15, 0.2) is 69.7 Å². The summed E-state index contributed by atoms with van der Waals surface area (Å²) in [5.41, 5.74) is 7.58. The van der Waals surface area contributed by atoms with Crippen LogP contribution in [-0.4, -0.2) is 21.2 Å². The van der Waals surface area contributed by atoms with Crippen molar-refractivity contribution in [1.29, 1.82) is 0 Å². The molecule has 158 valence electrons. The topological polar surface area (TPSA) is 96.4 Å². The second-order valence-electron chi connectivity index (χ2n) is 6.24. The molecule has 1 heterocycles. The summed E-state index contributed by atoms with van der Waals surface area (Å²) in [7, 11) is 0. The Bertz CT molecular complexity index is 987. The summed E-state index contributed by atoms with van der Waals surface area (Å²) in [5.74, 6) is -2.44. The zero-order valence-corrected chi connectivity index (χ0v) is 18.6. The fourth-order valence-electron chi connectivity index (χ4n) is 2.55. The van der Waals surface area contributed by atoms with Gasteiger partial charge in [-0.25, -0.2) is 18.6 Å². The number of aliphatic carboxylic acids is 1. The Morgan fingerprint density at radius 1 is 1.03 bits per heavy atom. The van der Waals surface area contributed by atoms with Gasteiger partial charge in [-0.3, -0.25) is 0 Å². The van der Waals surface area contributed by atoms with E-state index in [0.29, 0.717) is 27.8 Å². The van der Waals surface area contributed by atoms with Gasteiger partial charge in [0, 0.05) is 10.5 Å². The van der Waals surface area contributed by atoms with Crippen LogP contribution in [0.5, 0.6) is 0 Å².